The number of hydrogen-bond acceptors (Lipinski definition) is 10. The second-order valence-electron chi connectivity index (χ2n) is 17.2. The van der Waals surface area contributed by atoms with E-state index >= 15 is 4.79 Å². The van der Waals surface area contributed by atoms with Gasteiger partial charge in [0.2, 0.25) is 12.4 Å². The lowest BCUT2D eigenvalue weighted by Gasteiger charge is -2.36. The van der Waals surface area contributed by atoms with Crippen molar-refractivity contribution in [2.75, 3.05) is 6.61 Å². The molecule has 0 unspecified atom stereocenters. The first-order valence-electron chi connectivity index (χ1n) is 20.7. The van der Waals surface area contributed by atoms with Crippen LogP contribution < -0.4 is 5.32 Å². The number of amides is 2. The summed E-state index contributed by atoms with van der Waals surface area (Å²) < 4.78 is 111. The molecule has 66 heavy (non-hydrogen) atoms. The summed E-state index contributed by atoms with van der Waals surface area (Å²) in [7, 11) is 0. The monoisotopic (exact) mass is 943 g/mol. The maximum absolute atomic E-state index is 15.6. The molecule has 2 atom stereocenters. The first kappa shape index (κ1) is 46.2. The third kappa shape index (κ3) is 9.34. The van der Waals surface area contributed by atoms with E-state index in [9.17, 15) is 40.3 Å². The molecule has 0 spiro atoms. The molecule has 2 fully saturated rings. The normalized spacial score (nSPS) is 18.7. The number of halogens is 8. The highest BCUT2D eigenvalue weighted by Crippen LogP contribution is 2.60. The molecule has 2 aromatic heterocycles. The highest BCUT2D eigenvalue weighted by atomic mass is 35.5. The minimum Gasteiger partial charge on any atom is -0.463 e. The molecule has 1 N–H and O–H groups in total. The van der Waals surface area contributed by atoms with E-state index < -0.39 is 90.8 Å². The van der Waals surface area contributed by atoms with E-state index in [2.05, 4.69) is 25.6 Å². The Morgan fingerprint density at radius 2 is 1.67 bits per heavy atom. The van der Waals surface area contributed by atoms with Crippen LogP contribution in [0.5, 0.6) is 0 Å². The van der Waals surface area contributed by atoms with E-state index in [1.54, 1.807) is 53.5 Å². The SMILES string of the molecule is CC(C)(C[C@]1(c2ccc(-c3cnn(C4CC4)n3)cc2)N=C(NC(=O)OCc2ccccc2)N([C@H](COC(=O)CC2(C(F)(F)F)CC2)c2ccc(Cl)c(-c3ncnn3C(F)F)c2)C1=O)C(F)F. The Bertz CT molecular complexity index is 2630. The number of carbonyl (C=O) groups excluding carboxylic acids is 3. The third-order valence-electron chi connectivity index (χ3n) is 11.9. The predicted octanol–water partition coefficient (Wildman–Crippen LogP) is 9.61. The van der Waals surface area contributed by atoms with Crippen LogP contribution in [0.1, 0.15) is 87.7 Å². The van der Waals surface area contributed by atoms with Gasteiger partial charge in [0, 0.05) is 16.5 Å². The fraction of sp³-hybridized carbons (Fsp3) is 0.409. The maximum Gasteiger partial charge on any atom is 0.414 e. The number of rotatable bonds is 16. The molecular formula is C44H41ClF7N9O5. The van der Waals surface area contributed by atoms with Gasteiger partial charge in [0.25, 0.3) is 5.91 Å². The molecule has 8 rings (SSSR count). The molecule has 2 saturated carbocycles. The number of alkyl halides is 7. The standard InChI is InChI=1S/C44H41ClF7N9O5/c1-41(2,36(46)47)23-43(28-11-8-26(9-12-28)32-20-54-61(58-32)29-13-14-29)37(63)59(39(57-43)56-40(64)66-21-25-6-4-3-5-7-25)33(22-65-34(62)19-42(16-17-42)44(50,51)52)27-10-15-31(45)30(18-27)35-53-24-55-60(35)38(48)49/h3-12,15,18,20,24,29,33,36,38H,13-14,16-17,19,21-23H2,1-2H3,(H,56,57,64)/t33-,43-/m1/s1. The zero-order valence-corrected chi connectivity index (χ0v) is 35.9. The molecule has 348 valence electrons. The van der Waals surface area contributed by atoms with Gasteiger partial charge in [0.15, 0.2) is 11.4 Å². The lowest BCUT2D eigenvalue weighted by Crippen LogP contribution is -2.50. The van der Waals surface area contributed by atoms with Crippen molar-refractivity contribution in [2.45, 2.75) is 95.8 Å². The van der Waals surface area contributed by atoms with E-state index in [0.29, 0.717) is 16.8 Å². The molecule has 22 heteroatoms. The number of carbonyl (C=O) groups is 3. The van der Waals surface area contributed by atoms with Gasteiger partial charge in [-0.3, -0.25) is 19.8 Å². The first-order chi connectivity index (χ1) is 31.3. The molecule has 0 bridgehead atoms. The number of nitrogens with one attached hydrogen (secondary N) is 1. The Hall–Kier alpha value is -6.38. The summed E-state index contributed by atoms with van der Waals surface area (Å²) in [6.07, 6.45) is -7.05. The summed E-state index contributed by atoms with van der Waals surface area (Å²) >= 11 is 6.52. The van der Waals surface area contributed by atoms with Crippen LogP contribution >= 0.6 is 11.6 Å². The second kappa shape index (κ2) is 17.8. The Kier molecular flexibility index (Phi) is 12.4. The fourth-order valence-electron chi connectivity index (χ4n) is 7.79. The van der Waals surface area contributed by atoms with Crippen LogP contribution in [0.2, 0.25) is 5.02 Å². The van der Waals surface area contributed by atoms with E-state index in [1.807, 2.05) is 0 Å². The minimum atomic E-state index is -4.73. The number of hydrogen-bond donors (Lipinski definition) is 1. The Morgan fingerprint density at radius 3 is 2.30 bits per heavy atom. The van der Waals surface area contributed by atoms with Gasteiger partial charge in [-0.25, -0.2) is 23.6 Å². The lowest BCUT2D eigenvalue weighted by atomic mass is 9.74. The van der Waals surface area contributed by atoms with Crippen molar-refractivity contribution in [3.05, 3.63) is 107 Å². The number of guanidine groups is 1. The van der Waals surface area contributed by atoms with Gasteiger partial charge >= 0.3 is 24.8 Å². The average molecular weight is 944 g/mol. The third-order valence-corrected chi connectivity index (χ3v) is 12.2. The number of ether oxygens (including phenoxy) is 2. The summed E-state index contributed by atoms with van der Waals surface area (Å²) in [4.78, 5) is 53.7. The van der Waals surface area contributed by atoms with Gasteiger partial charge in [-0.1, -0.05) is 86.1 Å². The minimum absolute atomic E-state index is 0.0403. The summed E-state index contributed by atoms with van der Waals surface area (Å²) in [5, 5.41) is 14.7. The number of benzene rings is 3. The highest BCUT2D eigenvalue weighted by molar-refractivity contribution is 6.33. The van der Waals surface area contributed by atoms with Crippen molar-refractivity contribution in [3.8, 4) is 22.6 Å². The van der Waals surface area contributed by atoms with Crippen molar-refractivity contribution < 1.29 is 54.6 Å². The van der Waals surface area contributed by atoms with Gasteiger partial charge in [-0.15, -0.1) is 0 Å². The van der Waals surface area contributed by atoms with Crippen LogP contribution in [0, 0.1) is 10.8 Å². The molecule has 3 aromatic carbocycles. The number of esters is 1. The summed E-state index contributed by atoms with van der Waals surface area (Å²) in [6, 6.07) is 17.0. The molecule has 3 aliphatic rings. The van der Waals surface area contributed by atoms with Crippen molar-refractivity contribution in [3.63, 3.8) is 0 Å². The molecule has 0 radical (unpaired) electrons. The van der Waals surface area contributed by atoms with Gasteiger partial charge in [0.05, 0.1) is 35.1 Å². The number of aliphatic imine (C=N–C) groups is 1. The summed E-state index contributed by atoms with van der Waals surface area (Å²) in [5.74, 6) is -3.34. The van der Waals surface area contributed by atoms with Crippen LogP contribution in [-0.2, 0) is 31.2 Å². The van der Waals surface area contributed by atoms with Crippen LogP contribution in [0.4, 0.5) is 35.5 Å². The number of aromatic nitrogens is 6. The van der Waals surface area contributed by atoms with Gasteiger partial charge in [-0.05, 0) is 60.9 Å². The van der Waals surface area contributed by atoms with Crippen LogP contribution in [0.15, 0.2) is 90.3 Å². The largest absolute Gasteiger partial charge is 0.463 e. The summed E-state index contributed by atoms with van der Waals surface area (Å²) in [5.41, 5.74) is -5.04. The van der Waals surface area contributed by atoms with E-state index in [0.717, 1.165) is 24.1 Å². The van der Waals surface area contributed by atoms with Crippen molar-refractivity contribution in [1.82, 2.24) is 40.0 Å². The molecule has 5 aromatic rings. The second-order valence-corrected chi connectivity index (χ2v) is 17.6. The van der Waals surface area contributed by atoms with Crippen LogP contribution in [0.25, 0.3) is 22.6 Å². The average Bonchev–Trinajstić information content (AvgIpc) is 4.15. The Labute approximate surface area is 377 Å². The molecule has 0 saturated heterocycles. The lowest BCUT2D eigenvalue weighted by molar-refractivity contribution is -0.195. The zero-order chi connectivity index (χ0) is 47.2. The number of alkyl carbamates (subject to hydrolysis) is 1. The Balaban J connectivity index is 1.24. The molecular weight excluding hydrogens is 903 g/mol. The Morgan fingerprint density at radius 1 is 0.955 bits per heavy atom. The van der Waals surface area contributed by atoms with E-state index in [-0.39, 0.29) is 51.9 Å². The smallest absolute Gasteiger partial charge is 0.414 e. The first-order valence-corrected chi connectivity index (χ1v) is 21.1. The van der Waals surface area contributed by atoms with Gasteiger partial charge in [-0.2, -0.15) is 46.7 Å². The van der Waals surface area contributed by atoms with Crippen molar-refractivity contribution in [2.24, 2.45) is 15.8 Å². The van der Waals surface area contributed by atoms with Gasteiger partial charge < -0.3 is 9.47 Å². The van der Waals surface area contributed by atoms with Crippen LogP contribution in [-0.4, -0.2) is 77.8 Å². The fourth-order valence-corrected chi connectivity index (χ4v) is 7.99. The zero-order valence-electron chi connectivity index (χ0n) is 35.2. The number of nitrogens with zero attached hydrogens (tertiary/aromatic N) is 8. The topological polar surface area (TPSA) is 159 Å². The van der Waals surface area contributed by atoms with Crippen molar-refractivity contribution >= 4 is 35.5 Å². The molecule has 14 nitrogen and oxygen atoms in total. The molecule has 2 aliphatic carbocycles. The summed E-state index contributed by atoms with van der Waals surface area (Å²) in [6.45, 7) is -1.94. The van der Waals surface area contributed by atoms with E-state index in [4.69, 9.17) is 26.1 Å². The van der Waals surface area contributed by atoms with Crippen molar-refractivity contribution in [1.29, 1.82) is 0 Å². The highest BCUT2D eigenvalue weighted by Gasteiger charge is 2.64. The van der Waals surface area contributed by atoms with Crippen LogP contribution in [0.3, 0.4) is 0 Å². The molecule has 3 heterocycles. The molecule has 1 aliphatic heterocycles. The molecule has 2 amide bonds. The quantitative estimate of drug-likeness (QED) is 0.0751. The predicted molar refractivity (Wildman–Crippen MR) is 222 cm³/mol. The van der Waals surface area contributed by atoms with E-state index in [1.165, 1.54) is 44.2 Å². The van der Waals surface area contributed by atoms with Gasteiger partial charge in [0.1, 0.15) is 25.2 Å². The maximum atomic E-state index is 15.6.